The Hall–Kier alpha value is -2.27. The van der Waals surface area contributed by atoms with Crippen LogP contribution in [0, 0.1) is 6.92 Å². The van der Waals surface area contributed by atoms with Gasteiger partial charge in [-0.1, -0.05) is 12.1 Å². The molecule has 2 rings (SSSR count). The van der Waals surface area contributed by atoms with Crippen molar-refractivity contribution in [2.45, 2.75) is 26.4 Å². The lowest BCUT2D eigenvalue weighted by atomic mass is 10.2. The van der Waals surface area contributed by atoms with Crippen molar-refractivity contribution in [3.8, 4) is 5.75 Å². The summed E-state index contributed by atoms with van der Waals surface area (Å²) in [5.74, 6) is 2.37. The Bertz CT molecular complexity index is 636. The molecule has 0 saturated heterocycles. The van der Waals surface area contributed by atoms with E-state index in [0.717, 1.165) is 16.4 Å². The number of hydrogen-bond donors (Lipinski definition) is 2. The van der Waals surface area contributed by atoms with Crippen LogP contribution in [0.5, 0.6) is 5.75 Å². The van der Waals surface area contributed by atoms with Crippen LogP contribution in [-0.2, 0) is 11.3 Å². The van der Waals surface area contributed by atoms with E-state index in [2.05, 4.69) is 5.32 Å². The van der Waals surface area contributed by atoms with Gasteiger partial charge in [0.1, 0.15) is 18.1 Å². The zero-order valence-corrected chi connectivity index (χ0v) is 13.5. The molecule has 1 amide bonds. The number of benzene rings is 1. The molecule has 0 saturated carbocycles. The van der Waals surface area contributed by atoms with Crippen LogP contribution in [0.1, 0.15) is 18.4 Å². The topological polar surface area (TPSA) is 55.9 Å². The predicted octanol–water partition coefficient (Wildman–Crippen LogP) is 1.64. The second-order valence-electron chi connectivity index (χ2n) is 5.45. The number of rotatable bonds is 6. The van der Waals surface area contributed by atoms with Crippen molar-refractivity contribution in [3.05, 3.63) is 47.9 Å². The Kier molecular flexibility index (Phi) is 5.22. The van der Waals surface area contributed by atoms with Gasteiger partial charge >= 0.3 is 0 Å². The van der Waals surface area contributed by atoms with Crippen LogP contribution in [0.2, 0.25) is 0 Å². The Morgan fingerprint density at radius 1 is 1.32 bits per heavy atom. The van der Waals surface area contributed by atoms with Crippen LogP contribution in [0.4, 0.5) is 5.69 Å². The summed E-state index contributed by atoms with van der Waals surface area (Å²) in [6, 6.07) is 11.1. The zero-order chi connectivity index (χ0) is 16.1. The van der Waals surface area contributed by atoms with Gasteiger partial charge in [0.2, 0.25) is 0 Å². The Balaban J connectivity index is 1.99. The molecule has 0 spiro atoms. The van der Waals surface area contributed by atoms with Gasteiger partial charge in [-0.15, -0.1) is 0 Å². The van der Waals surface area contributed by atoms with Crippen LogP contribution in [0.3, 0.4) is 0 Å². The molecule has 0 fully saturated rings. The second kappa shape index (κ2) is 7.13. The summed E-state index contributed by atoms with van der Waals surface area (Å²) < 4.78 is 10.8. The molecule has 1 aromatic carbocycles. The quantitative estimate of drug-likeness (QED) is 0.853. The maximum atomic E-state index is 12.4. The average molecular weight is 303 g/mol. The van der Waals surface area contributed by atoms with E-state index in [0.29, 0.717) is 18.0 Å². The van der Waals surface area contributed by atoms with Crippen molar-refractivity contribution < 1.29 is 18.8 Å². The summed E-state index contributed by atoms with van der Waals surface area (Å²) in [5.41, 5.74) is 0.684. The minimum absolute atomic E-state index is 0.0507. The summed E-state index contributed by atoms with van der Waals surface area (Å²) in [6.07, 6.45) is 0. The van der Waals surface area contributed by atoms with Gasteiger partial charge in [0.25, 0.3) is 5.91 Å². The number of ether oxygens (including phenoxy) is 1. The standard InChI is InChI=1S/C17H22N2O3/c1-12-9-10-14(22-12)11-19(3)13(2)17(20)18-15-7-5-6-8-16(15)21-4/h5-10,13H,11H2,1-4H3,(H,18,20)/p+1/t13-/m1/s1. The van der Waals surface area contributed by atoms with E-state index < -0.39 is 0 Å². The molecule has 2 aromatic rings. The van der Waals surface area contributed by atoms with Crippen LogP contribution in [0.15, 0.2) is 40.8 Å². The molecular formula is C17H23N2O3+. The summed E-state index contributed by atoms with van der Waals surface area (Å²) in [4.78, 5) is 13.5. The highest BCUT2D eigenvalue weighted by Gasteiger charge is 2.23. The third-order valence-electron chi connectivity index (χ3n) is 3.75. The van der Waals surface area contributed by atoms with E-state index in [1.807, 2.05) is 57.3 Å². The van der Waals surface area contributed by atoms with E-state index in [4.69, 9.17) is 9.15 Å². The Morgan fingerprint density at radius 3 is 2.68 bits per heavy atom. The van der Waals surface area contributed by atoms with Crippen molar-refractivity contribution in [2.75, 3.05) is 19.5 Å². The third-order valence-corrected chi connectivity index (χ3v) is 3.75. The Labute approximate surface area is 130 Å². The highest BCUT2D eigenvalue weighted by Crippen LogP contribution is 2.22. The average Bonchev–Trinajstić information content (AvgIpc) is 2.92. The molecule has 1 unspecified atom stereocenters. The van der Waals surface area contributed by atoms with Crippen LogP contribution in [0.25, 0.3) is 0 Å². The van der Waals surface area contributed by atoms with Crippen LogP contribution in [-0.4, -0.2) is 26.1 Å². The Morgan fingerprint density at radius 2 is 2.05 bits per heavy atom. The summed E-state index contributed by atoms with van der Waals surface area (Å²) in [6.45, 7) is 4.47. The van der Waals surface area contributed by atoms with Crippen LogP contribution < -0.4 is 15.0 Å². The first kappa shape index (κ1) is 16.1. The van der Waals surface area contributed by atoms with E-state index >= 15 is 0 Å². The lowest BCUT2D eigenvalue weighted by molar-refractivity contribution is -0.908. The highest BCUT2D eigenvalue weighted by atomic mass is 16.5. The molecule has 0 aliphatic heterocycles. The van der Waals surface area contributed by atoms with Crippen molar-refractivity contribution in [2.24, 2.45) is 0 Å². The normalized spacial score (nSPS) is 13.5. The monoisotopic (exact) mass is 303 g/mol. The molecular weight excluding hydrogens is 280 g/mol. The number of quaternary nitrogens is 1. The largest absolute Gasteiger partial charge is 0.495 e. The molecule has 1 heterocycles. The summed E-state index contributed by atoms with van der Waals surface area (Å²) in [7, 11) is 3.56. The van der Waals surface area contributed by atoms with E-state index in [9.17, 15) is 4.79 Å². The van der Waals surface area contributed by atoms with Gasteiger partial charge in [-0.3, -0.25) is 4.79 Å². The van der Waals surface area contributed by atoms with Gasteiger partial charge in [0.15, 0.2) is 11.8 Å². The summed E-state index contributed by atoms with van der Waals surface area (Å²) in [5, 5.41) is 2.92. The van der Waals surface area contributed by atoms with Crippen molar-refractivity contribution in [1.82, 2.24) is 0 Å². The van der Waals surface area contributed by atoms with Gasteiger partial charge in [0.05, 0.1) is 19.8 Å². The fourth-order valence-electron chi connectivity index (χ4n) is 2.22. The molecule has 2 atom stereocenters. The maximum Gasteiger partial charge on any atom is 0.282 e. The zero-order valence-electron chi connectivity index (χ0n) is 13.5. The SMILES string of the molecule is COc1ccccc1NC(=O)[C@@H](C)[NH+](C)Cc1ccc(C)o1. The molecule has 0 aliphatic carbocycles. The van der Waals surface area contributed by atoms with Crippen molar-refractivity contribution in [1.29, 1.82) is 0 Å². The first-order valence-electron chi connectivity index (χ1n) is 7.32. The number of carbonyl (C=O) groups is 1. The third kappa shape index (κ3) is 3.89. The molecule has 0 radical (unpaired) electrons. The number of amides is 1. The van der Waals surface area contributed by atoms with Gasteiger partial charge < -0.3 is 19.4 Å². The van der Waals surface area contributed by atoms with E-state index in [-0.39, 0.29) is 11.9 Å². The maximum absolute atomic E-state index is 12.4. The number of para-hydroxylation sites is 2. The first-order valence-corrected chi connectivity index (χ1v) is 7.32. The molecule has 1 aromatic heterocycles. The van der Waals surface area contributed by atoms with Gasteiger partial charge in [-0.2, -0.15) is 0 Å². The molecule has 0 bridgehead atoms. The highest BCUT2D eigenvalue weighted by molar-refractivity contribution is 5.94. The van der Waals surface area contributed by atoms with Gasteiger partial charge in [-0.05, 0) is 38.1 Å². The number of likely N-dealkylation sites (N-methyl/N-ethyl adjacent to an activating group) is 1. The lowest BCUT2D eigenvalue weighted by Gasteiger charge is -2.20. The fraction of sp³-hybridized carbons (Fsp3) is 0.353. The molecule has 0 aliphatic rings. The lowest BCUT2D eigenvalue weighted by Crippen LogP contribution is -3.12. The first-order chi connectivity index (χ1) is 10.5. The smallest absolute Gasteiger partial charge is 0.282 e. The fourth-order valence-corrected chi connectivity index (χ4v) is 2.22. The number of aryl methyl sites for hydroxylation is 1. The molecule has 2 N–H and O–H groups in total. The number of nitrogens with one attached hydrogen (secondary N) is 2. The molecule has 22 heavy (non-hydrogen) atoms. The number of hydrogen-bond acceptors (Lipinski definition) is 3. The van der Waals surface area contributed by atoms with E-state index in [1.165, 1.54) is 0 Å². The van der Waals surface area contributed by atoms with Crippen molar-refractivity contribution >= 4 is 11.6 Å². The molecule has 5 nitrogen and oxygen atoms in total. The number of carbonyl (C=O) groups excluding carboxylic acids is 1. The van der Waals surface area contributed by atoms with Gasteiger partial charge in [0, 0.05) is 0 Å². The number of anilines is 1. The number of methoxy groups -OCH3 is 1. The predicted molar refractivity (Wildman–Crippen MR) is 85.1 cm³/mol. The van der Waals surface area contributed by atoms with Gasteiger partial charge in [-0.25, -0.2) is 0 Å². The second-order valence-corrected chi connectivity index (χ2v) is 5.45. The molecule has 118 valence electrons. The minimum atomic E-state index is -0.213. The molecule has 5 heteroatoms. The summed E-state index contributed by atoms with van der Waals surface area (Å²) >= 11 is 0. The number of furan rings is 1. The van der Waals surface area contributed by atoms with E-state index in [1.54, 1.807) is 7.11 Å². The minimum Gasteiger partial charge on any atom is -0.495 e. The van der Waals surface area contributed by atoms with Crippen molar-refractivity contribution in [3.63, 3.8) is 0 Å². The van der Waals surface area contributed by atoms with Crippen LogP contribution >= 0.6 is 0 Å².